The summed E-state index contributed by atoms with van der Waals surface area (Å²) in [5, 5.41) is 8.73. The van der Waals surface area contributed by atoms with Crippen LogP contribution in [0, 0.1) is 0 Å². The maximum Gasteiger partial charge on any atom is 0.222 e. The van der Waals surface area contributed by atoms with Crippen LogP contribution in [0.25, 0.3) is 5.69 Å². The Bertz CT molecular complexity index is 840. The Morgan fingerprint density at radius 1 is 1.15 bits per heavy atom. The normalized spacial score (nSPS) is 17.4. The summed E-state index contributed by atoms with van der Waals surface area (Å²) >= 11 is 0. The van der Waals surface area contributed by atoms with Gasteiger partial charge in [0.15, 0.2) is 0 Å². The van der Waals surface area contributed by atoms with Crippen LogP contribution < -0.4 is 0 Å². The molecule has 6 nitrogen and oxygen atoms in total. The van der Waals surface area contributed by atoms with Crippen molar-refractivity contribution in [1.82, 2.24) is 24.5 Å². The third kappa shape index (κ3) is 3.69. The van der Waals surface area contributed by atoms with E-state index in [1.807, 2.05) is 69.3 Å². The highest BCUT2D eigenvalue weighted by molar-refractivity contribution is 5.76. The molecule has 134 valence electrons. The Balaban J connectivity index is 1.33. The molecule has 1 aliphatic rings. The number of carbonyl (C=O) groups is 1. The highest BCUT2D eigenvalue weighted by atomic mass is 16.2. The molecule has 1 fully saturated rings. The third-order valence-electron chi connectivity index (χ3n) is 4.93. The van der Waals surface area contributed by atoms with E-state index in [0.717, 1.165) is 37.2 Å². The van der Waals surface area contributed by atoms with Gasteiger partial charge in [0.25, 0.3) is 0 Å². The van der Waals surface area contributed by atoms with Gasteiger partial charge < -0.3 is 4.90 Å². The number of hydrogen-bond donors (Lipinski definition) is 0. The van der Waals surface area contributed by atoms with Crippen molar-refractivity contribution in [1.29, 1.82) is 0 Å². The lowest BCUT2D eigenvalue weighted by Crippen LogP contribution is -2.40. The highest BCUT2D eigenvalue weighted by Crippen LogP contribution is 2.21. The van der Waals surface area contributed by atoms with Crippen molar-refractivity contribution in [2.75, 3.05) is 13.1 Å². The van der Waals surface area contributed by atoms with E-state index in [2.05, 4.69) is 10.2 Å². The average molecular weight is 349 g/mol. The van der Waals surface area contributed by atoms with Gasteiger partial charge in [0, 0.05) is 38.1 Å². The molecule has 4 rings (SSSR count). The van der Waals surface area contributed by atoms with Gasteiger partial charge in [-0.25, -0.2) is 4.68 Å². The number of hydrogen-bond acceptors (Lipinski definition) is 3. The first-order valence-electron chi connectivity index (χ1n) is 9.15. The van der Waals surface area contributed by atoms with Crippen LogP contribution in [-0.2, 0) is 11.2 Å². The van der Waals surface area contributed by atoms with Crippen LogP contribution in [-0.4, -0.2) is 43.5 Å². The number of likely N-dealkylation sites (tertiary alicyclic amines) is 1. The molecular weight excluding hydrogens is 326 g/mol. The van der Waals surface area contributed by atoms with Crippen LogP contribution in [0.15, 0.2) is 61.2 Å². The molecule has 0 unspecified atom stereocenters. The zero-order chi connectivity index (χ0) is 17.8. The molecule has 0 bridgehead atoms. The maximum atomic E-state index is 12.6. The van der Waals surface area contributed by atoms with Gasteiger partial charge >= 0.3 is 0 Å². The van der Waals surface area contributed by atoms with Crippen LogP contribution in [0.2, 0.25) is 0 Å². The summed E-state index contributed by atoms with van der Waals surface area (Å²) in [5.41, 5.74) is 2.12. The van der Waals surface area contributed by atoms with Crippen LogP contribution >= 0.6 is 0 Å². The highest BCUT2D eigenvalue weighted by Gasteiger charge is 2.24. The first-order chi connectivity index (χ1) is 12.8. The number of piperidine rings is 1. The van der Waals surface area contributed by atoms with Crippen molar-refractivity contribution >= 4 is 5.91 Å². The lowest BCUT2D eigenvalue weighted by molar-refractivity contribution is -0.132. The van der Waals surface area contributed by atoms with Crippen molar-refractivity contribution in [3.63, 3.8) is 0 Å². The van der Waals surface area contributed by atoms with E-state index in [1.54, 1.807) is 6.20 Å². The summed E-state index contributed by atoms with van der Waals surface area (Å²) < 4.78 is 3.83. The molecular formula is C20H23N5O. The number of carbonyl (C=O) groups excluding carboxylic acids is 1. The maximum absolute atomic E-state index is 12.6. The van der Waals surface area contributed by atoms with Gasteiger partial charge in [-0.2, -0.15) is 10.2 Å². The minimum atomic E-state index is 0.217. The van der Waals surface area contributed by atoms with Crippen LogP contribution in [0.1, 0.15) is 30.9 Å². The third-order valence-corrected chi connectivity index (χ3v) is 4.93. The fraction of sp³-hybridized carbons (Fsp3) is 0.350. The number of benzene rings is 1. The van der Waals surface area contributed by atoms with Crippen LogP contribution in [0.3, 0.4) is 0 Å². The Morgan fingerprint density at radius 3 is 2.85 bits per heavy atom. The summed E-state index contributed by atoms with van der Waals surface area (Å²) in [6.45, 7) is 1.60. The van der Waals surface area contributed by atoms with E-state index in [-0.39, 0.29) is 5.91 Å². The molecule has 2 aromatic heterocycles. The van der Waals surface area contributed by atoms with Gasteiger partial charge in [-0.1, -0.05) is 18.2 Å². The standard InChI is InChI=1S/C20H23N5O/c26-20(23-12-4-8-19(16-23)24-13-5-11-21-24)10-9-17-14-22-25(15-17)18-6-2-1-3-7-18/h1-3,5-7,11,13-15,19H,4,8-10,12,16H2/t19-/m1/s1. The molecule has 0 radical (unpaired) electrons. The Labute approximate surface area is 153 Å². The molecule has 0 saturated carbocycles. The van der Waals surface area contributed by atoms with Gasteiger partial charge in [0.2, 0.25) is 5.91 Å². The number of amides is 1. The molecule has 6 heteroatoms. The number of aromatic nitrogens is 4. The van der Waals surface area contributed by atoms with Gasteiger partial charge in [0.05, 0.1) is 17.9 Å². The molecule has 1 amide bonds. The van der Waals surface area contributed by atoms with Crippen molar-refractivity contribution in [3.8, 4) is 5.69 Å². The molecule has 26 heavy (non-hydrogen) atoms. The molecule has 0 N–H and O–H groups in total. The first kappa shape index (κ1) is 16.6. The molecule has 0 aliphatic carbocycles. The van der Waals surface area contributed by atoms with Gasteiger partial charge in [-0.15, -0.1) is 0 Å². The minimum Gasteiger partial charge on any atom is -0.341 e. The second-order valence-electron chi connectivity index (χ2n) is 6.75. The van der Waals surface area contributed by atoms with E-state index in [0.29, 0.717) is 18.9 Å². The first-order valence-corrected chi connectivity index (χ1v) is 9.15. The van der Waals surface area contributed by atoms with Gasteiger partial charge in [0.1, 0.15) is 0 Å². The van der Waals surface area contributed by atoms with Crippen LogP contribution in [0.5, 0.6) is 0 Å². The second kappa shape index (κ2) is 7.56. The fourth-order valence-electron chi connectivity index (χ4n) is 3.51. The number of nitrogens with zero attached hydrogens (tertiary/aromatic N) is 5. The van der Waals surface area contributed by atoms with Crippen LogP contribution in [0.4, 0.5) is 0 Å². The topological polar surface area (TPSA) is 56.0 Å². The quantitative estimate of drug-likeness (QED) is 0.712. The Kier molecular flexibility index (Phi) is 4.82. The summed E-state index contributed by atoms with van der Waals surface area (Å²) in [5.74, 6) is 0.217. The molecule has 3 heterocycles. The summed E-state index contributed by atoms with van der Waals surface area (Å²) in [6.07, 6.45) is 11.0. The summed E-state index contributed by atoms with van der Waals surface area (Å²) in [4.78, 5) is 14.6. The minimum absolute atomic E-state index is 0.217. The molecule has 0 spiro atoms. The van der Waals surface area contributed by atoms with E-state index in [9.17, 15) is 4.79 Å². The van der Waals surface area contributed by atoms with E-state index in [4.69, 9.17) is 0 Å². The molecule has 3 aromatic rings. The molecule has 1 atom stereocenters. The smallest absolute Gasteiger partial charge is 0.222 e. The fourth-order valence-corrected chi connectivity index (χ4v) is 3.51. The van der Waals surface area contributed by atoms with Crippen molar-refractivity contribution < 1.29 is 4.79 Å². The average Bonchev–Trinajstić information content (AvgIpc) is 3.39. The van der Waals surface area contributed by atoms with E-state index >= 15 is 0 Å². The van der Waals surface area contributed by atoms with Crippen molar-refractivity contribution in [2.24, 2.45) is 0 Å². The van der Waals surface area contributed by atoms with E-state index < -0.39 is 0 Å². The van der Waals surface area contributed by atoms with E-state index in [1.165, 1.54) is 0 Å². The number of aryl methyl sites for hydroxylation is 1. The summed E-state index contributed by atoms with van der Waals surface area (Å²) in [7, 11) is 0. The zero-order valence-corrected chi connectivity index (χ0v) is 14.7. The van der Waals surface area contributed by atoms with Crippen molar-refractivity contribution in [3.05, 3.63) is 66.7 Å². The Morgan fingerprint density at radius 2 is 2.04 bits per heavy atom. The predicted octanol–water partition coefficient (Wildman–Crippen LogP) is 2.87. The zero-order valence-electron chi connectivity index (χ0n) is 14.7. The Hall–Kier alpha value is -2.89. The lowest BCUT2D eigenvalue weighted by Gasteiger charge is -2.33. The van der Waals surface area contributed by atoms with Crippen molar-refractivity contribution in [2.45, 2.75) is 31.7 Å². The monoisotopic (exact) mass is 349 g/mol. The largest absolute Gasteiger partial charge is 0.341 e. The molecule has 1 aromatic carbocycles. The van der Waals surface area contributed by atoms with Gasteiger partial charge in [-0.05, 0) is 43.0 Å². The second-order valence-corrected chi connectivity index (χ2v) is 6.75. The number of rotatable bonds is 5. The molecule has 1 aliphatic heterocycles. The molecule has 1 saturated heterocycles. The SMILES string of the molecule is O=C(CCc1cnn(-c2ccccc2)c1)N1CCC[C@@H](n2cccn2)C1. The number of para-hydroxylation sites is 1. The lowest BCUT2D eigenvalue weighted by atomic mass is 10.0. The van der Waals surface area contributed by atoms with Gasteiger partial charge in [-0.3, -0.25) is 9.48 Å². The summed E-state index contributed by atoms with van der Waals surface area (Å²) in [6, 6.07) is 12.2. The predicted molar refractivity (Wildman–Crippen MR) is 99.0 cm³/mol.